The lowest BCUT2D eigenvalue weighted by Gasteiger charge is -2.19. The maximum Gasteiger partial charge on any atom is 0.265 e. The quantitative estimate of drug-likeness (QED) is 0.688. The van der Waals surface area contributed by atoms with E-state index in [1.54, 1.807) is 43.5 Å². The summed E-state index contributed by atoms with van der Waals surface area (Å²) in [4.78, 5) is 25.2. The molecule has 0 aliphatic heterocycles. The van der Waals surface area contributed by atoms with Gasteiger partial charge in [-0.15, -0.1) is 0 Å². The molecule has 150 valence electrons. The Morgan fingerprint density at radius 2 is 1.64 bits per heavy atom. The molecule has 0 saturated carbocycles. The topological polar surface area (TPSA) is 76.7 Å². The van der Waals surface area contributed by atoms with E-state index in [4.69, 9.17) is 9.47 Å². The Bertz CT molecular complexity index is 805. The normalized spacial score (nSPS) is 11.6. The number of hydrogen-bond acceptors (Lipinski definition) is 4. The van der Waals surface area contributed by atoms with Crippen LogP contribution in [0.5, 0.6) is 11.5 Å². The van der Waals surface area contributed by atoms with E-state index in [0.29, 0.717) is 41.6 Å². The highest BCUT2D eigenvalue weighted by atomic mass is 16.5. The SMILES string of the molecule is CC[C@H](Oc1ccccc1OC)C(=O)Nc1ccccc1C(=O)NCC(C)C. The fourth-order valence-corrected chi connectivity index (χ4v) is 2.59. The van der Waals surface area contributed by atoms with E-state index >= 15 is 0 Å². The minimum atomic E-state index is -0.719. The highest BCUT2D eigenvalue weighted by Gasteiger charge is 2.22. The molecule has 0 spiro atoms. The first-order valence-corrected chi connectivity index (χ1v) is 9.44. The summed E-state index contributed by atoms with van der Waals surface area (Å²) in [6.45, 7) is 6.47. The zero-order valence-electron chi connectivity index (χ0n) is 16.8. The standard InChI is InChI=1S/C22H28N2O4/c1-5-18(28-20-13-9-8-12-19(20)27-4)22(26)24-17-11-7-6-10-16(17)21(25)23-14-15(2)3/h6-13,15,18H,5,14H2,1-4H3,(H,23,25)(H,24,26)/t18-/m0/s1. The van der Waals surface area contributed by atoms with Gasteiger partial charge < -0.3 is 20.1 Å². The van der Waals surface area contributed by atoms with Crippen molar-refractivity contribution in [2.24, 2.45) is 5.92 Å². The predicted molar refractivity (Wildman–Crippen MR) is 110 cm³/mol. The van der Waals surface area contributed by atoms with Gasteiger partial charge in [-0.05, 0) is 36.6 Å². The Morgan fingerprint density at radius 1 is 1.00 bits per heavy atom. The first kappa shape index (κ1) is 21.3. The number of ether oxygens (including phenoxy) is 2. The van der Waals surface area contributed by atoms with Gasteiger partial charge in [0.15, 0.2) is 17.6 Å². The zero-order valence-corrected chi connectivity index (χ0v) is 16.8. The van der Waals surface area contributed by atoms with Crippen molar-refractivity contribution in [3.8, 4) is 11.5 Å². The number of anilines is 1. The second-order valence-corrected chi connectivity index (χ2v) is 6.80. The highest BCUT2D eigenvalue weighted by molar-refractivity contribution is 6.04. The molecule has 1 atom stereocenters. The summed E-state index contributed by atoms with van der Waals surface area (Å²) in [5, 5.41) is 5.69. The minimum absolute atomic E-state index is 0.219. The summed E-state index contributed by atoms with van der Waals surface area (Å²) in [7, 11) is 1.55. The molecular weight excluding hydrogens is 356 g/mol. The van der Waals surface area contributed by atoms with Gasteiger partial charge in [0.25, 0.3) is 11.8 Å². The van der Waals surface area contributed by atoms with Crippen molar-refractivity contribution in [2.45, 2.75) is 33.3 Å². The molecule has 0 radical (unpaired) electrons. The molecule has 6 nitrogen and oxygen atoms in total. The molecule has 6 heteroatoms. The molecule has 0 aliphatic carbocycles. The van der Waals surface area contributed by atoms with E-state index < -0.39 is 6.10 Å². The lowest BCUT2D eigenvalue weighted by molar-refractivity contribution is -0.122. The van der Waals surface area contributed by atoms with E-state index in [2.05, 4.69) is 10.6 Å². The van der Waals surface area contributed by atoms with Gasteiger partial charge in [0.2, 0.25) is 0 Å². The molecule has 0 aromatic heterocycles. The molecule has 0 fully saturated rings. The Kier molecular flexibility index (Phi) is 7.87. The number of para-hydroxylation sites is 3. The van der Waals surface area contributed by atoms with Crippen molar-refractivity contribution in [1.29, 1.82) is 0 Å². The van der Waals surface area contributed by atoms with Gasteiger partial charge in [0, 0.05) is 6.54 Å². The summed E-state index contributed by atoms with van der Waals surface area (Å²) in [5.74, 6) is 0.849. The van der Waals surface area contributed by atoms with Crippen LogP contribution in [0, 0.1) is 5.92 Å². The average Bonchev–Trinajstić information content (AvgIpc) is 2.70. The van der Waals surface area contributed by atoms with Crippen molar-refractivity contribution in [3.05, 3.63) is 54.1 Å². The fourth-order valence-electron chi connectivity index (χ4n) is 2.59. The molecule has 0 heterocycles. The van der Waals surface area contributed by atoms with Crippen LogP contribution >= 0.6 is 0 Å². The number of carbonyl (C=O) groups is 2. The second-order valence-electron chi connectivity index (χ2n) is 6.80. The van der Waals surface area contributed by atoms with Crippen LogP contribution in [0.2, 0.25) is 0 Å². The van der Waals surface area contributed by atoms with Crippen LogP contribution < -0.4 is 20.1 Å². The van der Waals surface area contributed by atoms with Crippen LogP contribution in [0.25, 0.3) is 0 Å². The van der Waals surface area contributed by atoms with Crippen molar-refractivity contribution in [2.75, 3.05) is 19.0 Å². The van der Waals surface area contributed by atoms with Crippen LogP contribution in [0.1, 0.15) is 37.6 Å². The molecular formula is C22H28N2O4. The molecule has 2 rings (SSSR count). The van der Waals surface area contributed by atoms with E-state index in [9.17, 15) is 9.59 Å². The largest absolute Gasteiger partial charge is 0.493 e. The monoisotopic (exact) mass is 384 g/mol. The molecule has 0 unspecified atom stereocenters. The molecule has 0 aliphatic rings. The van der Waals surface area contributed by atoms with Crippen molar-refractivity contribution >= 4 is 17.5 Å². The van der Waals surface area contributed by atoms with Gasteiger partial charge in [-0.1, -0.05) is 45.0 Å². The number of nitrogens with one attached hydrogen (secondary N) is 2. The first-order chi connectivity index (χ1) is 13.5. The van der Waals surface area contributed by atoms with Crippen molar-refractivity contribution in [3.63, 3.8) is 0 Å². The van der Waals surface area contributed by atoms with Gasteiger partial charge in [-0.3, -0.25) is 9.59 Å². The van der Waals surface area contributed by atoms with Crippen molar-refractivity contribution < 1.29 is 19.1 Å². The van der Waals surface area contributed by atoms with E-state index in [1.165, 1.54) is 0 Å². The molecule has 2 aromatic rings. The lowest BCUT2D eigenvalue weighted by atomic mass is 10.1. The third-order valence-electron chi connectivity index (χ3n) is 4.10. The number of carbonyl (C=O) groups excluding carboxylic acids is 2. The summed E-state index contributed by atoms with van der Waals surface area (Å²) in [5.41, 5.74) is 0.875. The Morgan fingerprint density at radius 3 is 2.29 bits per heavy atom. The van der Waals surface area contributed by atoms with Crippen LogP contribution in [0.4, 0.5) is 5.69 Å². The van der Waals surface area contributed by atoms with Gasteiger partial charge in [0.1, 0.15) is 0 Å². The minimum Gasteiger partial charge on any atom is -0.493 e. The summed E-state index contributed by atoms with van der Waals surface area (Å²) in [6, 6.07) is 14.1. The number of methoxy groups -OCH3 is 1. The van der Waals surface area contributed by atoms with Crippen LogP contribution in [-0.2, 0) is 4.79 Å². The predicted octanol–water partition coefficient (Wildman–Crippen LogP) is 3.88. The average molecular weight is 384 g/mol. The molecule has 0 bridgehead atoms. The van der Waals surface area contributed by atoms with E-state index in [0.717, 1.165) is 0 Å². The highest BCUT2D eigenvalue weighted by Crippen LogP contribution is 2.27. The maximum atomic E-state index is 12.8. The summed E-state index contributed by atoms with van der Waals surface area (Å²) < 4.78 is 11.1. The van der Waals surface area contributed by atoms with Crippen LogP contribution in [0.3, 0.4) is 0 Å². The molecule has 2 amide bonds. The van der Waals surface area contributed by atoms with E-state index in [-0.39, 0.29) is 11.8 Å². The Labute approximate surface area is 166 Å². The molecule has 2 aromatic carbocycles. The summed E-state index contributed by atoms with van der Waals surface area (Å²) in [6.07, 6.45) is -0.255. The Balaban J connectivity index is 2.13. The fraction of sp³-hybridized carbons (Fsp3) is 0.364. The van der Waals surface area contributed by atoms with Gasteiger partial charge in [-0.25, -0.2) is 0 Å². The van der Waals surface area contributed by atoms with Gasteiger partial charge in [-0.2, -0.15) is 0 Å². The molecule has 2 N–H and O–H groups in total. The smallest absolute Gasteiger partial charge is 0.265 e. The lowest BCUT2D eigenvalue weighted by Crippen LogP contribution is -2.34. The number of benzene rings is 2. The van der Waals surface area contributed by atoms with E-state index in [1.807, 2.05) is 32.9 Å². The number of amides is 2. The second kappa shape index (κ2) is 10.3. The summed E-state index contributed by atoms with van der Waals surface area (Å²) >= 11 is 0. The van der Waals surface area contributed by atoms with Gasteiger partial charge >= 0.3 is 0 Å². The number of hydrogen-bond donors (Lipinski definition) is 2. The molecule has 28 heavy (non-hydrogen) atoms. The van der Waals surface area contributed by atoms with Crippen molar-refractivity contribution in [1.82, 2.24) is 5.32 Å². The maximum absolute atomic E-state index is 12.8. The first-order valence-electron chi connectivity index (χ1n) is 9.44. The number of rotatable bonds is 9. The zero-order chi connectivity index (χ0) is 20.5. The van der Waals surface area contributed by atoms with Crippen LogP contribution in [-0.4, -0.2) is 31.6 Å². The van der Waals surface area contributed by atoms with Crippen LogP contribution in [0.15, 0.2) is 48.5 Å². The van der Waals surface area contributed by atoms with Gasteiger partial charge in [0.05, 0.1) is 18.4 Å². The third kappa shape index (κ3) is 5.74. The Hall–Kier alpha value is -3.02. The third-order valence-corrected chi connectivity index (χ3v) is 4.10. The molecule has 0 saturated heterocycles.